The van der Waals surface area contributed by atoms with Crippen molar-refractivity contribution in [3.05, 3.63) is 75.2 Å². The minimum absolute atomic E-state index is 0.0116. The van der Waals surface area contributed by atoms with Crippen LogP contribution < -0.4 is 4.72 Å². The van der Waals surface area contributed by atoms with Crippen LogP contribution in [-0.4, -0.2) is 13.4 Å². The number of hydrogen-bond acceptors (Lipinski definition) is 5. The van der Waals surface area contributed by atoms with Gasteiger partial charge in [0.1, 0.15) is 4.90 Å². The van der Waals surface area contributed by atoms with Crippen molar-refractivity contribution in [2.24, 2.45) is 0 Å². The molecule has 0 aliphatic heterocycles. The minimum Gasteiger partial charge on any atom is -0.280 e. The molecule has 0 radical (unpaired) electrons. The van der Waals surface area contributed by atoms with E-state index in [-0.39, 0.29) is 9.92 Å². The Morgan fingerprint density at radius 3 is 2.50 bits per heavy atom. The molecule has 154 valence electrons. The summed E-state index contributed by atoms with van der Waals surface area (Å²) in [5.74, 6) is 0. The van der Waals surface area contributed by atoms with Gasteiger partial charge in [-0.05, 0) is 61.0 Å². The average molecular weight is 516 g/mol. The second kappa shape index (κ2) is 8.57. The van der Waals surface area contributed by atoms with Crippen LogP contribution in [0.5, 0.6) is 0 Å². The van der Waals surface area contributed by atoms with Gasteiger partial charge < -0.3 is 0 Å². The molecule has 0 unspecified atom stereocenters. The molecule has 0 amide bonds. The number of aryl methyl sites for hydroxylation is 1. The largest absolute Gasteiger partial charge is 0.280 e. The Morgan fingerprint density at radius 2 is 1.77 bits per heavy atom. The Morgan fingerprint density at radius 1 is 0.967 bits per heavy atom. The first kappa shape index (κ1) is 21.7. The summed E-state index contributed by atoms with van der Waals surface area (Å²) in [6.07, 6.45) is 0. The number of rotatable bonds is 5. The van der Waals surface area contributed by atoms with Crippen LogP contribution >= 0.6 is 57.9 Å². The molecule has 0 aliphatic rings. The molecule has 1 N–H and O–H groups in total. The van der Waals surface area contributed by atoms with E-state index >= 15 is 0 Å². The Hall–Kier alpha value is -1.48. The van der Waals surface area contributed by atoms with E-state index in [9.17, 15) is 8.42 Å². The fourth-order valence-corrected chi connectivity index (χ4v) is 6.82. The van der Waals surface area contributed by atoms with Crippen molar-refractivity contribution >= 4 is 83.8 Å². The summed E-state index contributed by atoms with van der Waals surface area (Å²) in [6.45, 7) is 1.84. The predicted octanol–water partition coefficient (Wildman–Crippen LogP) is 7.52. The molecule has 3 aromatic carbocycles. The summed E-state index contributed by atoms with van der Waals surface area (Å²) >= 11 is 21.5. The summed E-state index contributed by atoms with van der Waals surface area (Å²) in [5, 5.41) is 1.21. The summed E-state index contributed by atoms with van der Waals surface area (Å²) in [5.41, 5.74) is 2.04. The van der Waals surface area contributed by atoms with Gasteiger partial charge in [-0.25, -0.2) is 13.4 Å². The lowest BCUT2D eigenvalue weighted by Crippen LogP contribution is -2.13. The van der Waals surface area contributed by atoms with Gasteiger partial charge in [0, 0.05) is 9.92 Å². The summed E-state index contributed by atoms with van der Waals surface area (Å²) in [7, 11) is -3.84. The van der Waals surface area contributed by atoms with Crippen molar-refractivity contribution in [1.29, 1.82) is 0 Å². The molecule has 0 spiro atoms. The molecule has 0 aliphatic carbocycles. The molecule has 30 heavy (non-hydrogen) atoms. The van der Waals surface area contributed by atoms with Crippen molar-refractivity contribution in [3.8, 4) is 0 Å². The zero-order valence-electron chi connectivity index (χ0n) is 15.3. The number of nitrogens with zero attached hydrogens (tertiary/aromatic N) is 1. The Kier molecular flexibility index (Phi) is 6.21. The highest BCUT2D eigenvalue weighted by molar-refractivity contribution is 8.01. The van der Waals surface area contributed by atoms with Gasteiger partial charge in [0.25, 0.3) is 10.0 Å². The SMILES string of the molecule is Cc1ccc(S(=O)(=O)Nc2ccc(Sc3nc4cc(Cl)ccc4s3)c(Cl)c2)c(Cl)c1. The number of anilines is 1. The van der Waals surface area contributed by atoms with E-state index in [0.717, 1.165) is 25.0 Å². The van der Waals surface area contributed by atoms with Gasteiger partial charge >= 0.3 is 0 Å². The van der Waals surface area contributed by atoms with Gasteiger partial charge in [0.15, 0.2) is 4.34 Å². The van der Waals surface area contributed by atoms with Gasteiger partial charge in [-0.1, -0.05) is 52.6 Å². The van der Waals surface area contributed by atoms with Crippen LogP contribution in [-0.2, 0) is 10.0 Å². The Labute approximate surface area is 197 Å². The van der Waals surface area contributed by atoms with E-state index in [1.165, 1.54) is 29.2 Å². The van der Waals surface area contributed by atoms with Crippen molar-refractivity contribution in [1.82, 2.24) is 4.98 Å². The summed E-state index contributed by atoms with van der Waals surface area (Å²) < 4.78 is 29.7. The van der Waals surface area contributed by atoms with Gasteiger partial charge in [-0.3, -0.25) is 4.72 Å². The number of benzene rings is 3. The van der Waals surface area contributed by atoms with Gasteiger partial charge in [0.05, 0.1) is 25.9 Å². The standard InChI is InChI=1S/C20H13Cl3N2O2S3/c1-11-2-7-19(15(23)8-11)30(26,27)25-13-4-6-17(14(22)10-13)28-20-24-16-9-12(21)3-5-18(16)29-20/h2-10,25H,1H3. The molecule has 0 saturated carbocycles. The van der Waals surface area contributed by atoms with E-state index < -0.39 is 10.0 Å². The van der Waals surface area contributed by atoms with Crippen molar-refractivity contribution in [2.45, 2.75) is 21.1 Å². The monoisotopic (exact) mass is 514 g/mol. The number of sulfonamides is 1. The molecule has 0 saturated heterocycles. The quantitative estimate of drug-likeness (QED) is 0.299. The molecule has 4 aromatic rings. The van der Waals surface area contributed by atoms with Crippen molar-refractivity contribution < 1.29 is 8.42 Å². The third-order valence-electron chi connectivity index (χ3n) is 4.09. The summed E-state index contributed by atoms with van der Waals surface area (Å²) in [6, 6.07) is 15.3. The fourth-order valence-electron chi connectivity index (χ4n) is 2.70. The van der Waals surface area contributed by atoms with Crippen molar-refractivity contribution in [3.63, 3.8) is 0 Å². The first-order valence-corrected chi connectivity index (χ1v) is 12.8. The number of nitrogens with one attached hydrogen (secondary N) is 1. The molecule has 10 heteroatoms. The van der Waals surface area contributed by atoms with E-state index in [0.29, 0.717) is 15.7 Å². The normalized spacial score (nSPS) is 11.7. The average Bonchev–Trinajstić information content (AvgIpc) is 3.04. The molecule has 4 nitrogen and oxygen atoms in total. The zero-order chi connectivity index (χ0) is 21.5. The molecule has 0 atom stereocenters. The number of fused-ring (bicyclic) bond motifs is 1. The van der Waals surface area contributed by atoms with Crippen LogP contribution in [0.4, 0.5) is 5.69 Å². The maximum absolute atomic E-state index is 12.7. The van der Waals surface area contributed by atoms with Gasteiger partial charge in [-0.15, -0.1) is 11.3 Å². The van der Waals surface area contributed by atoms with Gasteiger partial charge in [-0.2, -0.15) is 0 Å². The number of hydrogen-bond donors (Lipinski definition) is 1. The molecule has 0 bridgehead atoms. The molecular formula is C20H13Cl3N2O2S3. The lowest BCUT2D eigenvalue weighted by Gasteiger charge is -2.11. The van der Waals surface area contributed by atoms with Crippen molar-refractivity contribution in [2.75, 3.05) is 4.72 Å². The molecular weight excluding hydrogens is 503 g/mol. The van der Waals surface area contributed by atoms with Crippen LogP contribution in [0.3, 0.4) is 0 Å². The predicted molar refractivity (Wildman–Crippen MR) is 127 cm³/mol. The fraction of sp³-hybridized carbons (Fsp3) is 0.0500. The number of thiazole rings is 1. The molecule has 4 rings (SSSR count). The van der Waals surface area contributed by atoms with Crippen LogP contribution in [0.25, 0.3) is 10.2 Å². The van der Waals surface area contributed by atoms with E-state index in [2.05, 4.69) is 9.71 Å². The first-order valence-electron chi connectivity index (χ1n) is 8.54. The second-order valence-electron chi connectivity index (χ2n) is 6.38. The summed E-state index contributed by atoms with van der Waals surface area (Å²) in [4.78, 5) is 5.33. The molecule has 1 heterocycles. The Balaban J connectivity index is 1.56. The zero-order valence-corrected chi connectivity index (χ0v) is 20.0. The number of aromatic nitrogens is 1. The third-order valence-corrected chi connectivity index (χ3v) is 8.79. The number of halogens is 3. The highest BCUT2D eigenvalue weighted by Crippen LogP contribution is 2.39. The van der Waals surface area contributed by atoms with Crippen LogP contribution in [0.15, 0.2) is 68.7 Å². The molecule has 0 fully saturated rings. The lowest BCUT2D eigenvalue weighted by atomic mass is 10.2. The molecule has 1 aromatic heterocycles. The van der Waals surface area contributed by atoms with E-state index in [4.69, 9.17) is 34.8 Å². The van der Waals surface area contributed by atoms with Crippen LogP contribution in [0.1, 0.15) is 5.56 Å². The lowest BCUT2D eigenvalue weighted by molar-refractivity contribution is 0.601. The van der Waals surface area contributed by atoms with E-state index in [1.807, 2.05) is 25.1 Å². The maximum Gasteiger partial charge on any atom is 0.263 e. The topological polar surface area (TPSA) is 59.1 Å². The smallest absolute Gasteiger partial charge is 0.263 e. The maximum atomic E-state index is 12.7. The first-order chi connectivity index (χ1) is 14.2. The second-order valence-corrected chi connectivity index (χ2v) is 11.6. The Bertz CT molecular complexity index is 1370. The van der Waals surface area contributed by atoms with Gasteiger partial charge in [0.2, 0.25) is 0 Å². The third kappa shape index (κ3) is 4.72. The highest BCUT2D eigenvalue weighted by Gasteiger charge is 2.19. The van der Waals surface area contributed by atoms with E-state index in [1.54, 1.807) is 30.3 Å². The van der Waals surface area contributed by atoms with Crippen LogP contribution in [0.2, 0.25) is 15.1 Å². The van der Waals surface area contributed by atoms with Crippen LogP contribution in [0, 0.1) is 6.92 Å². The highest BCUT2D eigenvalue weighted by atomic mass is 35.5. The minimum atomic E-state index is -3.84.